The molecule has 0 bridgehead atoms. The average Bonchev–Trinajstić information content (AvgIpc) is 2.70. The van der Waals surface area contributed by atoms with Gasteiger partial charge in [0, 0.05) is 12.4 Å². The zero-order valence-corrected chi connectivity index (χ0v) is 11.2. The van der Waals surface area contributed by atoms with E-state index in [2.05, 4.69) is 0 Å². The molecule has 0 aromatic heterocycles. The third-order valence-electron chi connectivity index (χ3n) is 4.46. The lowest BCUT2D eigenvalue weighted by Crippen LogP contribution is -2.52. The molecule has 1 heterocycles. The van der Waals surface area contributed by atoms with E-state index in [4.69, 9.17) is 11.6 Å². The van der Waals surface area contributed by atoms with Crippen molar-refractivity contribution in [2.24, 2.45) is 5.41 Å². The number of aliphatic hydroxyl groups is 2. The smallest absolute Gasteiger partial charge is 0.109 e. The van der Waals surface area contributed by atoms with E-state index >= 15 is 0 Å². The lowest BCUT2D eigenvalue weighted by molar-refractivity contribution is -0.168. The van der Waals surface area contributed by atoms with E-state index in [0.717, 1.165) is 32.2 Å². The molecule has 2 N–H and O–H groups in total. The summed E-state index contributed by atoms with van der Waals surface area (Å²) in [5, 5.41) is 20.4. The summed E-state index contributed by atoms with van der Waals surface area (Å²) < 4.78 is 0. The molecule has 0 amide bonds. The standard InChI is InChI=1S/C13H24ClNO2/c14-7-3-4-8-15-11(16)9-13(10-12(15)17)5-1-2-6-13/h11-12,16-17H,1-10H2. The first kappa shape index (κ1) is 13.6. The normalized spacial score (nSPS) is 33.4. The van der Waals surface area contributed by atoms with Crippen LogP contribution in [0.5, 0.6) is 0 Å². The van der Waals surface area contributed by atoms with Crippen molar-refractivity contribution in [2.75, 3.05) is 12.4 Å². The number of aliphatic hydroxyl groups excluding tert-OH is 2. The largest absolute Gasteiger partial charge is 0.378 e. The third kappa shape index (κ3) is 3.14. The summed E-state index contributed by atoms with van der Waals surface area (Å²) in [6.07, 6.45) is 7.51. The quantitative estimate of drug-likeness (QED) is 0.603. The van der Waals surface area contributed by atoms with Gasteiger partial charge >= 0.3 is 0 Å². The zero-order chi connectivity index (χ0) is 12.3. The Morgan fingerprint density at radius 2 is 1.65 bits per heavy atom. The van der Waals surface area contributed by atoms with Gasteiger partial charge in [-0.1, -0.05) is 12.8 Å². The van der Waals surface area contributed by atoms with Crippen LogP contribution in [0, 0.1) is 5.41 Å². The summed E-state index contributed by atoms with van der Waals surface area (Å²) in [5.41, 5.74) is 0.224. The highest BCUT2D eigenvalue weighted by Crippen LogP contribution is 2.48. The SMILES string of the molecule is OC1CC2(CCCC2)CC(O)N1CCCCCl. The van der Waals surface area contributed by atoms with E-state index < -0.39 is 12.5 Å². The van der Waals surface area contributed by atoms with Crippen LogP contribution in [-0.4, -0.2) is 40.0 Å². The maximum absolute atomic E-state index is 10.2. The molecule has 1 saturated carbocycles. The second-order valence-electron chi connectivity index (χ2n) is 5.71. The van der Waals surface area contributed by atoms with Crippen molar-refractivity contribution in [3.63, 3.8) is 0 Å². The van der Waals surface area contributed by atoms with Gasteiger partial charge in [-0.2, -0.15) is 0 Å². The Morgan fingerprint density at radius 3 is 2.18 bits per heavy atom. The lowest BCUT2D eigenvalue weighted by Gasteiger charge is -2.46. The van der Waals surface area contributed by atoms with Crippen molar-refractivity contribution >= 4 is 11.6 Å². The number of halogens is 1. The van der Waals surface area contributed by atoms with Crippen molar-refractivity contribution in [1.29, 1.82) is 0 Å². The van der Waals surface area contributed by atoms with E-state index in [-0.39, 0.29) is 5.41 Å². The van der Waals surface area contributed by atoms with E-state index in [1.807, 2.05) is 4.90 Å². The fraction of sp³-hybridized carbons (Fsp3) is 1.00. The second kappa shape index (κ2) is 5.87. The van der Waals surface area contributed by atoms with Gasteiger partial charge in [0.15, 0.2) is 0 Å². The van der Waals surface area contributed by atoms with Crippen LogP contribution in [0.1, 0.15) is 51.4 Å². The fourth-order valence-electron chi connectivity index (χ4n) is 3.51. The first-order chi connectivity index (χ1) is 8.17. The molecule has 0 radical (unpaired) electrons. The third-order valence-corrected chi connectivity index (χ3v) is 4.73. The second-order valence-corrected chi connectivity index (χ2v) is 6.09. The number of hydrogen-bond donors (Lipinski definition) is 2. The van der Waals surface area contributed by atoms with Crippen molar-refractivity contribution in [1.82, 2.24) is 4.90 Å². The van der Waals surface area contributed by atoms with E-state index in [1.165, 1.54) is 25.7 Å². The minimum absolute atomic E-state index is 0.224. The molecule has 1 spiro atoms. The molecule has 2 unspecified atom stereocenters. The molecular weight excluding hydrogens is 238 g/mol. The fourth-order valence-corrected chi connectivity index (χ4v) is 3.70. The molecule has 1 saturated heterocycles. The highest BCUT2D eigenvalue weighted by molar-refractivity contribution is 6.17. The number of likely N-dealkylation sites (tertiary alicyclic amines) is 1. The van der Waals surface area contributed by atoms with Gasteiger partial charge in [-0.05, 0) is 43.9 Å². The molecular formula is C13H24ClNO2. The first-order valence-corrected chi connectivity index (χ1v) is 7.38. The van der Waals surface area contributed by atoms with E-state index in [0.29, 0.717) is 5.88 Å². The van der Waals surface area contributed by atoms with E-state index in [1.54, 1.807) is 0 Å². The molecule has 2 aliphatic rings. The number of piperidine rings is 1. The van der Waals surface area contributed by atoms with Gasteiger partial charge in [0.1, 0.15) is 12.5 Å². The van der Waals surface area contributed by atoms with Crippen LogP contribution < -0.4 is 0 Å². The van der Waals surface area contributed by atoms with Crippen molar-refractivity contribution in [2.45, 2.75) is 63.8 Å². The summed E-state index contributed by atoms with van der Waals surface area (Å²) in [6, 6.07) is 0. The van der Waals surface area contributed by atoms with Crippen LogP contribution in [-0.2, 0) is 0 Å². The molecule has 2 fully saturated rings. The van der Waals surface area contributed by atoms with Crippen LogP contribution in [0.3, 0.4) is 0 Å². The maximum Gasteiger partial charge on any atom is 0.109 e. The Balaban J connectivity index is 1.89. The monoisotopic (exact) mass is 261 g/mol. The van der Waals surface area contributed by atoms with Crippen LogP contribution >= 0.6 is 11.6 Å². The Kier molecular flexibility index (Phi) is 4.70. The summed E-state index contributed by atoms with van der Waals surface area (Å²) in [6.45, 7) is 0.755. The predicted octanol–water partition coefficient (Wildman–Crippen LogP) is 2.30. The van der Waals surface area contributed by atoms with Crippen molar-refractivity contribution in [3.8, 4) is 0 Å². The van der Waals surface area contributed by atoms with Gasteiger partial charge in [0.05, 0.1) is 0 Å². The van der Waals surface area contributed by atoms with Gasteiger partial charge in [-0.3, -0.25) is 4.90 Å². The summed E-state index contributed by atoms with van der Waals surface area (Å²) in [4.78, 5) is 1.84. The zero-order valence-electron chi connectivity index (χ0n) is 10.4. The van der Waals surface area contributed by atoms with Crippen LogP contribution in [0.15, 0.2) is 0 Å². The number of nitrogens with zero attached hydrogens (tertiary/aromatic N) is 1. The van der Waals surface area contributed by atoms with Gasteiger partial charge < -0.3 is 10.2 Å². The molecule has 1 aliphatic heterocycles. The number of rotatable bonds is 4. The Bertz CT molecular complexity index is 230. The molecule has 0 aromatic rings. The molecule has 2 rings (SSSR count). The Morgan fingerprint density at radius 1 is 1.06 bits per heavy atom. The summed E-state index contributed by atoms with van der Waals surface area (Å²) >= 11 is 5.65. The Labute approximate surface area is 109 Å². The van der Waals surface area contributed by atoms with Crippen molar-refractivity contribution < 1.29 is 10.2 Å². The van der Waals surface area contributed by atoms with Crippen LogP contribution in [0.2, 0.25) is 0 Å². The van der Waals surface area contributed by atoms with Gasteiger partial charge in [-0.25, -0.2) is 0 Å². The minimum atomic E-state index is -0.466. The molecule has 4 heteroatoms. The van der Waals surface area contributed by atoms with Gasteiger partial charge in [0.2, 0.25) is 0 Å². The minimum Gasteiger partial charge on any atom is -0.378 e. The van der Waals surface area contributed by atoms with E-state index in [9.17, 15) is 10.2 Å². The Hall–Kier alpha value is 0.170. The summed E-state index contributed by atoms with van der Waals surface area (Å²) in [5.74, 6) is 0.657. The highest BCUT2D eigenvalue weighted by Gasteiger charge is 2.44. The molecule has 100 valence electrons. The van der Waals surface area contributed by atoms with Crippen molar-refractivity contribution in [3.05, 3.63) is 0 Å². The number of hydrogen-bond acceptors (Lipinski definition) is 3. The molecule has 2 atom stereocenters. The van der Waals surface area contributed by atoms with Gasteiger partial charge in [-0.15, -0.1) is 11.6 Å². The van der Waals surface area contributed by atoms with Crippen LogP contribution in [0.25, 0.3) is 0 Å². The molecule has 0 aromatic carbocycles. The summed E-state index contributed by atoms with van der Waals surface area (Å²) in [7, 11) is 0. The molecule has 3 nitrogen and oxygen atoms in total. The first-order valence-electron chi connectivity index (χ1n) is 6.85. The van der Waals surface area contributed by atoms with Crippen LogP contribution in [0.4, 0.5) is 0 Å². The molecule has 17 heavy (non-hydrogen) atoms. The highest BCUT2D eigenvalue weighted by atomic mass is 35.5. The number of alkyl halides is 1. The lowest BCUT2D eigenvalue weighted by atomic mass is 9.75. The van der Waals surface area contributed by atoms with Gasteiger partial charge in [0.25, 0.3) is 0 Å². The predicted molar refractivity (Wildman–Crippen MR) is 68.8 cm³/mol. The molecule has 1 aliphatic carbocycles. The maximum atomic E-state index is 10.2. The number of unbranched alkanes of at least 4 members (excludes halogenated alkanes) is 1. The average molecular weight is 262 g/mol. The topological polar surface area (TPSA) is 43.7 Å².